The molecule has 0 spiro atoms. The van der Waals surface area contributed by atoms with E-state index >= 15 is 0 Å². The van der Waals surface area contributed by atoms with Gasteiger partial charge in [-0.05, 0) is 0 Å². The summed E-state index contributed by atoms with van der Waals surface area (Å²) in [5, 5.41) is 15.8. The van der Waals surface area contributed by atoms with Gasteiger partial charge in [-0.25, -0.2) is 14.0 Å². The average molecular weight is 180 g/mol. The van der Waals surface area contributed by atoms with E-state index < -0.39 is 24.7 Å². The van der Waals surface area contributed by atoms with Gasteiger partial charge in [0.2, 0.25) is 0 Å². The fourth-order valence-electron chi connectivity index (χ4n) is 0.311. The maximum atomic E-state index is 11.7. The number of carboxylic acid groups (broad SMARTS) is 2. The number of halogens is 1. The lowest BCUT2D eigenvalue weighted by Crippen LogP contribution is -2.03. The van der Waals surface area contributed by atoms with Crippen molar-refractivity contribution in [1.29, 1.82) is 0 Å². The Morgan fingerprint density at radius 2 is 1.92 bits per heavy atom. The molecule has 0 aliphatic heterocycles. The molecule has 0 atom stereocenters. The van der Waals surface area contributed by atoms with Gasteiger partial charge in [0, 0.05) is 0 Å². The number of carbonyl (C=O) groups is 2. The van der Waals surface area contributed by atoms with Crippen molar-refractivity contribution in [2.75, 3.05) is 6.67 Å². The molecular weight excluding hydrogens is 175 g/mol. The standard InChI is InChI=1S/C5H5FO6/c6-1-3(12-5(9)10)2-11-4(7)8/h2H,1H2,(H,7,8)(H,9,10)/b3-2+. The fourth-order valence-corrected chi connectivity index (χ4v) is 0.311. The van der Waals surface area contributed by atoms with Gasteiger partial charge in [-0.3, -0.25) is 0 Å². The number of ether oxygens (including phenoxy) is 2. The molecule has 0 saturated carbocycles. The quantitative estimate of drug-likeness (QED) is 0.500. The second-order valence-electron chi connectivity index (χ2n) is 1.47. The van der Waals surface area contributed by atoms with Crippen molar-refractivity contribution >= 4 is 12.3 Å². The van der Waals surface area contributed by atoms with E-state index in [4.69, 9.17) is 10.2 Å². The Morgan fingerprint density at radius 1 is 1.33 bits per heavy atom. The maximum Gasteiger partial charge on any atom is 0.511 e. The number of alkyl halides is 1. The third-order valence-corrected chi connectivity index (χ3v) is 0.641. The Hall–Kier alpha value is -1.79. The lowest BCUT2D eigenvalue weighted by Gasteiger charge is -1.98. The van der Waals surface area contributed by atoms with E-state index in [9.17, 15) is 14.0 Å². The largest absolute Gasteiger partial charge is 0.511 e. The molecule has 7 heteroatoms. The monoisotopic (exact) mass is 180 g/mol. The molecule has 0 radical (unpaired) electrons. The normalized spacial score (nSPS) is 10.6. The van der Waals surface area contributed by atoms with Gasteiger partial charge >= 0.3 is 12.3 Å². The summed E-state index contributed by atoms with van der Waals surface area (Å²) in [6.45, 7) is -1.26. The second-order valence-corrected chi connectivity index (χ2v) is 1.47. The summed E-state index contributed by atoms with van der Waals surface area (Å²) in [7, 11) is 0. The number of rotatable bonds is 3. The van der Waals surface area contributed by atoms with Crippen LogP contribution in [-0.4, -0.2) is 29.2 Å². The lowest BCUT2D eigenvalue weighted by molar-refractivity contribution is 0.101. The summed E-state index contributed by atoms with van der Waals surface area (Å²) in [5.74, 6) is -0.732. The topological polar surface area (TPSA) is 93.1 Å². The smallest absolute Gasteiger partial charge is 0.449 e. The molecule has 0 unspecified atom stereocenters. The zero-order valence-corrected chi connectivity index (χ0v) is 5.69. The van der Waals surface area contributed by atoms with Crippen molar-refractivity contribution in [2.24, 2.45) is 0 Å². The van der Waals surface area contributed by atoms with Gasteiger partial charge in [-0.15, -0.1) is 0 Å². The Bertz CT molecular complexity index is 210. The van der Waals surface area contributed by atoms with Crippen LogP contribution in [0.1, 0.15) is 0 Å². The molecule has 0 fully saturated rings. The van der Waals surface area contributed by atoms with E-state index in [-0.39, 0.29) is 0 Å². The molecule has 0 saturated heterocycles. The van der Waals surface area contributed by atoms with Gasteiger partial charge in [0.25, 0.3) is 0 Å². The molecule has 2 N–H and O–H groups in total. The van der Waals surface area contributed by atoms with Crippen LogP contribution in [0, 0.1) is 0 Å². The molecule has 0 aromatic heterocycles. The number of hydrogen-bond acceptors (Lipinski definition) is 4. The number of allylic oxidation sites excluding steroid dienone is 1. The fraction of sp³-hybridized carbons (Fsp3) is 0.200. The first kappa shape index (κ1) is 10.2. The summed E-state index contributed by atoms with van der Waals surface area (Å²) in [6, 6.07) is 0. The molecule has 0 aliphatic rings. The van der Waals surface area contributed by atoms with Crippen LogP contribution >= 0.6 is 0 Å². The van der Waals surface area contributed by atoms with Crippen molar-refractivity contribution in [1.82, 2.24) is 0 Å². The Kier molecular flexibility index (Phi) is 4.20. The first-order chi connectivity index (χ1) is 5.56. The molecular formula is C5H5FO6. The highest BCUT2D eigenvalue weighted by Crippen LogP contribution is 1.99. The molecule has 0 amide bonds. The van der Waals surface area contributed by atoms with Crippen LogP contribution in [0.2, 0.25) is 0 Å². The summed E-state index contributed by atoms with van der Waals surface area (Å²) >= 11 is 0. The molecule has 0 bridgehead atoms. The van der Waals surface area contributed by atoms with Crippen LogP contribution in [0.5, 0.6) is 0 Å². The zero-order chi connectivity index (χ0) is 9.56. The Balaban J connectivity index is 4.04. The van der Waals surface area contributed by atoms with Gasteiger partial charge in [-0.2, -0.15) is 0 Å². The first-order valence-electron chi connectivity index (χ1n) is 2.61. The predicted molar refractivity (Wildman–Crippen MR) is 32.3 cm³/mol. The third-order valence-electron chi connectivity index (χ3n) is 0.641. The van der Waals surface area contributed by atoms with Crippen molar-refractivity contribution in [2.45, 2.75) is 0 Å². The second kappa shape index (κ2) is 4.94. The van der Waals surface area contributed by atoms with Gasteiger partial charge in [0.1, 0.15) is 6.26 Å². The summed E-state index contributed by atoms with van der Waals surface area (Å²) in [4.78, 5) is 19.5. The molecule has 0 aromatic rings. The van der Waals surface area contributed by atoms with Crippen LogP contribution in [0.3, 0.4) is 0 Å². The van der Waals surface area contributed by atoms with Crippen LogP contribution in [-0.2, 0) is 9.47 Å². The van der Waals surface area contributed by atoms with Crippen molar-refractivity contribution in [3.05, 3.63) is 12.0 Å². The number of hydrogen-bond donors (Lipinski definition) is 2. The summed E-state index contributed by atoms with van der Waals surface area (Å²) in [6.07, 6.45) is -3.07. The first-order valence-corrected chi connectivity index (χ1v) is 2.61. The van der Waals surface area contributed by atoms with Gasteiger partial charge in [-0.1, -0.05) is 0 Å². The van der Waals surface area contributed by atoms with Crippen molar-refractivity contribution < 1.29 is 33.7 Å². The molecule has 68 valence electrons. The van der Waals surface area contributed by atoms with Crippen molar-refractivity contribution in [3.63, 3.8) is 0 Å². The van der Waals surface area contributed by atoms with Gasteiger partial charge < -0.3 is 19.7 Å². The Morgan fingerprint density at radius 3 is 2.25 bits per heavy atom. The Labute approximate surface area is 65.8 Å². The van der Waals surface area contributed by atoms with E-state index in [1.165, 1.54) is 0 Å². The van der Waals surface area contributed by atoms with Crippen LogP contribution in [0.25, 0.3) is 0 Å². The molecule has 0 rings (SSSR count). The van der Waals surface area contributed by atoms with E-state index in [0.29, 0.717) is 6.26 Å². The zero-order valence-electron chi connectivity index (χ0n) is 5.69. The van der Waals surface area contributed by atoms with Crippen molar-refractivity contribution in [3.8, 4) is 0 Å². The summed E-state index contributed by atoms with van der Waals surface area (Å²) < 4.78 is 19.2. The lowest BCUT2D eigenvalue weighted by atomic mass is 10.6. The van der Waals surface area contributed by atoms with Crippen LogP contribution in [0.15, 0.2) is 12.0 Å². The highest BCUT2D eigenvalue weighted by atomic mass is 19.1. The molecule has 0 aliphatic carbocycles. The average Bonchev–Trinajstić information content (AvgIpc) is 1.97. The maximum absolute atomic E-state index is 11.7. The highest BCUT2D eigenvalue weighted by Gasteiger charge is 2.05. The van der Waals surface area contributed by atoms with Gasteiger partial charge in [0.15, 0.2) is 12.4 Å². The van der Waals surface area contributed by atoms with Crippen LogP contribution in [0.4, 0.5) is 14.0 Å². The van der Waals surface area contributed by atoms with Crippen LogP contribution < -0.4 is 0 Å². The van der Waals surface area contributed by atoms with Gasteiger partial charge in [0.05, 0.1) is 0 Å². The third kappa shape index (κ3) is 5.03. The highest BCUT2D eigenvalue weighted by molar-refractivity contribution is 5.59. The summed E-state index contributed by atoms with van der Waals surface area (Å²) in [5.41, 5.74) is 0. The predicted octanol–water partition coefficient (Wildman–Crippen LogP) is 1.19. The molecule has 6 nitrogen and oxygen atoms in total. The van der Waals surface area contributed by atoms with E-state index in [2.05, 4.69) is 9.47 Å². The van der Waals surface area contributed by atoms with E-state index in [1.807, 2.05) is 0 Å². The SMILES string of the molecule is O=C(O)O/C=C(\CF)OC(=O)O. The minimum atomic E-state index is -1.74. The molecule has 0 aromatic carbocycles. The minimum Gasteiger partial charge on any atom is -0.449 e. The molecule has 12 heavy (non-hydrogen) atoms. The van der Waals surface area contributed by atoms with E-state index in [0.717, 1.165) is 0 Å². The minimum absolute atomic E-state index is 0.358. The molecule has 0 heterocycles. The van der Waals surface area contributed by atoms with E-state index in [1.54, 1.807) is 0 Å².